The first-order valence-electron chi connectivity index (χ1n) is 9.21. The van der Waals surface area contributed by atoms with Gasteiger partial charge in [-0.1, -0.05) is 30.3 Å². The fourth-order valence-corrected chi connectivity index (χ4v) is 2.91. The van der Waals surface area contributed by atoms with Crippen LogP contribution >= 0.6 is 0 Å². The highest BCUT2D eigenvalue weighted by Gasteiger charge is 2.16. The minimum absolute atomic E-state index is 0.407. The van der Waals surface area contributed by atoms with Gasteiger partial charge in [0.2, 0.25) is 0 Å². The van der Waals surface area contributed by atoms with E-state index in [1.165, 1.54) is 5.56 Å². The van der Waals surface area contributed by atoms with E-state index in [4.69, 9.17) is 0 Å². The van der Waals surface area contributed by atoms with Crippen LogP contribution in [0.4, 0.5) is 0 Å². The smallest absolute Gasteiger partial charge is 0.191 e. The summed E-state index contributed by atoms with van der Waals surface area (Å²) >= 11 is 0. The van der Waals surface area contributed by atoms with E-state index in [0.717, 1.165) is 58.3 Å². The molecule has 0 aliphatic carbocycles. The zero-order valence-electron chi connectivity index (χ0n) is 15.5. The molecule has 1 aromatic carbocycles. The fourth-order valence-electron chi connectivity index (χ4n) is 2.91. The number of benzene rings is 1. The maximum atomic E-state index is 4.67. The van der Waals surface area contributed by atoms with Gasteiger partial charge in [-0.25, -0.2) is 0 Å². The van der Waals surface area contributed by atoms with E-state index < -0.39 is 0 Å². The number of rotatable bonds is 7. The molecule has 1 aliphatic rings. The van der Waals surface area contributed by atoms with E-state index >= 15 is 0 Å². The minimum atomic E-state index is 0.407. The highest BCUT2D eigenvalue weighted by atomic mass is 15.3. The number of nitrogens with one attached hydrogen (secondary N) is 2. The maximum absolute atomic E-state index is 4.67. The summed E-state index contributed by atoms with van der Waals surface area (Å²) in [6.07, 6.45) is 0. The van der Waals surface area contributed by atoms with Crippen LogP contribution in [-0.4, -0.2) is 67.6 Å². The minimum Gasteiger partial charge on any atom is -0.357 e. The van der Waals surface area contributed by atoms with Crippen molar-refractivity contribution in [3.8, 4) is 0 Å². The van der Waals surface area contributed by atoms with Crippen LogP contribution in [0.1, 0.15) is 26.3 Å². The Morgan fingerprint density at radius 3 is 2.38 bits per heavy atom. The molecule has 2 rings (SSSR count). The van der Waals surface area contributed by atoms with Crippen molar-refractivity contribution in [2.24, 2.45) is 4.99 Å². The van der Waals surface area contributed by atoms with Gasteiger partial charge >= 0.3 is 0 Å². The lowest BCUT2D eigenvalue weighted by Crippen LogP contribution is -2.47. The molecule has 134 valence electrons. The van der Waals surface area contributed by atoms with Gasteiger partial charge in [-0.15, -0.1) is 0 Å². The number of hydrogen-bond donors (Lipinski definition) is 2. The molecule has 1 saturated heterocycles. The van der Waals surface area contributed by atoms with Crippen molar-refractivity contribution in [2.75, 3.05) is 45.8 Å². The van der Waals surface area contributed by atoms with E-state index in [2.05, 4.69) is 76.5 Å². The molecule has 0 spiro atoms. The van der Waals surface area contributed by atoms with Crippen LogP contribution in [0.3, 0.4) is 0 Å². The maximum Gasteiger partial charge on any atom is 0.191 e. The molecule has 1 aromatic rings. The summed E-state index contributed by atoms with van der Waals surface area (Å²) in [5.41, 5.74) is 1.41. The predicted molar refractivity (Wildman–Crippen MR) is 102 cm³/mol. The van der Waals surface area contributed by atoms with E-state index in [9.17, 15) is 0 Å². The van der Waals surface area contributed by atoms with Crippen LogP contribution in [-0.2, 0) is 6.54 Å². The van der Waals surface area contributed by atoms with Crippen molar-refractivity contribution >= 4 is 5.96 Å². The van der Waals surface area contributed by atoms with Crippen LogP contribution in [0, 0.1) is 0 Å². The van der Waals surface area contributed by atoms with E-state index in [0.29, 0.717) is 6.04 Å². The topological polar surface area (TPSA) is 42.9 Å². The average molecular weight is 332 g/mol. The Morgan fingerprint density at radius 2 is 1.75 bits per heavy atom. The SMILES string of the molecule is CCNC(=NCCN1CCN(Cc2ccccc2)CC1)NC(C)C. The van der Waals surface area contributed by atoms with E-state index in [1.807, 2.05) is 0 Å². The summed E-state index contributed by atoms with van der Waals surface area (Å²) in [5.74, 6) is 0.926. The largest absolute Gasteiger partial charge is 0.357 e. The van der Waals surface area contributed by atoms with Gasteiger partial charge in [0, 0.05) is 51.9 Å². The quantitative estimate of drug-likeness (QED) is 0.590. The van der Waals surface area contributed by atoms with Crippen LogP contribution in [0.25, 0.3) is 0 Å². The first-order valence-corrected chi connectivity index (χ1v) is 9.21. The van der Waals surface area contributed by atoms with Gasteiger partial charge in [0.1, 0.15) is 0 Å². The van der Waals surface area contributed by atoms with Gasteiger partial charge < -0.3 is 10.6 Å². The van der Waals surface area contributed by atoms with Crippen LogP contribution in [0.2, 0.25) is 0 Å². The molecule has 0 atom stereocenters. The van der Waals surface area contributed by atoms with Crippen molar-refractivity contribution < 1.29 is 0 Å². The molecule has 1 fully saturated rings. The zero-order chi connectivity index (χ0) is 17.2. The van der Waals surface area contributed by atoms with Crippen molar-refractivity contribution in [3.05, 3.63) is 35.9 Å². The Labute approximate surface area is 147 Å². The van der Waals surface area contributed by atoms with Gasteiger partial charge in [-0.2, -0.15) is 0 Å². The van der Waals surface area contributed by atoms with Crippen molar-refractivity contribution in [1.82, 2.24) is 20.4 Å². The summed E-state index contributed by atoms with van der Waals surface area (Å²) in [6.45, 7) is 14.8. The number of aliphatic imine (C=N–C) groups is 1. The molecule has 0 aromatic heterocycles. The first kappa shape index (κ1) is 18.7. The number of guanidine groups is 1. The van der Waals surface area contributed by atoms with Gasteiger partial charge in [0.15, 0.2) is 5.96 Å². The third-order valence-electron chi connectivity index (χ3n) is 4.17. The lowest BCUT2D eigenvalue weighted by Gasteiger charge is -2.34. The second-order valence-corrected chi connectivity index (χ2v) is 6.66. The van der Waals surface area contributed by atoms with Crippen LogP contribution in [0.5, 0.6) is 0 Å². The van der Waals surface area contributed by atoms with E-state index in [-0.39, 0.29) is 0 Å². The summed E-state index contributed by atoms with van der Waals surface area (Å²) < 4.78 is 0. The van der Waals surface area contributed by atoms with Crippen molar-refractivity contribution in [3.63, 3.8) is 0 Å². The average Bonchev–Trinajstić information content (AvgIpc) is 2.57. The monoisotopic (exact) mass is 331 g/mol. The molecule has 0 radical (unpaired) electrons. The lowest BCUT2D eigenvalue weighted by atomic mass is 10.2. The number of nitrogens with zero attached hydrogens (tertiary/aromatic N) is 3. The summed E-state index contributed by atoms with van der Waals surface area (Å²) in [5, 5.41) is 6.66. The molecule has 1 heterocycles. The molecule has 0 amide bonds. The molecule has 0 bridgehead atoms. The molecular formula is C19H33N5. The molecule has 2 N–H and O–H groups in total. The molecule has 24 heavy (non-hydrogen) atoms. The molecule has 5 nitrogen and oxygen atoms in total. The molecule has 1 aliphatic heterocycles. The third-order valence-corrected chi connectivity index (χ3v) is 4.17. The Balaban J connectivity index is 1.68. The van der Waals surface area contributed by atoms with E-state index in [1.54, 1.807) is 0 Å². The van der Waals surface area contributed by atoms with Crippen molar-refractivity contribution in [1.29, 1.82) is 0 Å². The van der Waals surface area contributed by atoms with Crippen LogP contribution < -0.4 is 10.6 Å². The second kappa shape index (κ2) is 10.3. The first-order chi connectivity index (χ1) is 11.7. The Hall–Kier alpha value is -1.59. The normalized spacial score (nSPS) is 17.2. The lowest BCUT2D eigenvalue weighted by molar-refractivity contribution is 0.130. The Bertz CT molecular complexity index is 478. The van der Waals surface area contributed by atoms with Gasteiger partial charge in [0.05, 0.1) is 6.54 Å². The zero-order valence-corrected chi connectivity index (χ0v) is 15.5. The highest BCUT2D eigenvalue weighted by Crippen LogP contribution is 2.08. The Morgan fingerprint density at radius 1 is 1.08 bits per heavy atom. The second-order valence-electron chi connectivity index (χ2n) is 6.66. The molecule has 5 heteroatoms. The van der Waals surface area contributed by atoms with Gasteiger partial charge in [0.25, 0.3) is 0 Å². The standard InChI is InChI=1S/C19H33N5/c1-4-20-19(22-17(2)3)21-10-11-23-12-14-24(15-13-23)16-18-8-6-5-7-9-18/h5-9,17H,4,10-16H2,1-3H3,(H2,20,21,22). The van der Waals surface area contributed by atoms with Crippen LogP contribution in [0.15, 0.2) is 35.3 Å². The highest BCUT2D eigenvalue weighted by molar-refractivity contribution is 5.79. The summed E-state index contributed by atoms with van der Waals surface area (Å²) in [7, 11) is 0. The van der Waals surface area contributed by atoms with Gasteiger partial charge in [-0.3, -0.25) is 14.8 Å². The third kappa shape index (κ3) is 6.89. The summed E-state index contributed by atoms with van der Waals surface area (Å²) in [6, 6.07) is 11.2. The molecule has 0 saturated carbocycles. The summed E-state index contributed by atoms with van der Waals surface area (Å²) in [4.78, 5) is 9.73. The fraction of sp³-hybridized carbons (Fsp3) is 0.632. The Kier molecular flexibility index (Phi) is 8.05. The van der Waals surface area contributed by atoms with Crippen molar-refractivity contribution in [2.45, 2.75) is 33.4 Å². The predicted octanol–water partition coefficient (Wildman–Crippen LogP) is 1.77. The number of hydrogen-bond acceptors (Lipinski definition) is 3. The number of piperazine rings is 1. The van der Waals surface area contributed by atoms with Gasteiger partial charge in [-0.05, 0) is 26.3 Å². The molecule has 0 unspecified atom stereocenters. The molecular weight excluding hydrogens is 298 g/mol.